The molecule has 0 bridgehead atoms. The fraction of sp³-hybridized carbons (Fsp3) is 0.125. The summed E-state index contributed by atoms with van der Waals surface area (Å²) in [5, 5.41) is 4.57. The smallest absolute Gasteiger partial charge is 0.134 e. The highest BCUT2D eigenvalue weighted by Crippen LogP contribution is 2.34. The molecule has 1 atom stereocenters. The van der Waals surface area contributed by atoms with Crippen LogP contribution in [0.1, 0.15) is 18.7 Å². The maximum absolute atomic E-state index is 5.92. The lowest BCUT2D eigenvalue weighted by Gasteiger charge is -2.15. The van der Waals surface area contributed by atoms with E-state index < -0.39 is 0 Å². The van der Waals surface area contributed by atoms with Crippen LogP contribution in [0.15, 0.2) is 60.3 Å². The number of furan rings is 1. The largest absolute Gasteiger partial charge is 0.459 e. The highest BCUT2D eigenvalue weighted by molar-refractivity contribution is 9.11. The molecular weight excluding hydrogens is 462 g/mol. The van der Waals surface area contributed by atoms with Gasteiger partial charge in [0, 0.05) is 18.8 Å². The van der Waals surface area contributed by atoms with E-state index in [0.717, 1.165) is 35.8 Å². The molecule has 3 aromatic rings. The Morgan fingerprint density at radius 1 is 1.00 bits per heavy atom. The zero-order valence-electron chi connectivity index (χ0n) is 11.2. The summed E-state index contributed by atoms with van der Waals surface area (Å²) < 4.78 is 9.01. The van der Waals surface area contributed by atoms with Gasteiger partial charge in [0.25, 0.3) is 0 Å². The number of para-hydroxylation sites is 1. The third-order valence-corrected chi connectivity index (χ3v) is 5.06. The highest BCUT2D eigenvalue weighted by atomic mass is 79.9. The molecule has 0 saturated carbocycles. The fourth-order valence-electron chi connectivity index (χ4n) is 2.17. The Bertz CT molecular complexity index is 777. The molecule has 2 aromatic carbocycles. The van der Waals surface area contributed by atoms with E-state index in [1.807, 2.05) is 30.3 Å². The number of fused-ring (bicyclic) bond motifs is 1. The van der Waals surface area contributed by atoms with E-state index in [4.69, 9.17) is 4.42 Å². The van der Waals surface area contributed by atoms with Crippen LogP contribution < -0.4 is 5.32 Å². The van der Waals surface area contributed by atoms with Crippen LogP contribution in [0.2, 0.25) is 0 Å². The van der Waals surface area contributed by atoms with Crippen molar-refractivity contribution in [2.45, 2.75) is 13.0 Å². The summed E-state index contributed by atoms with van der Waals surface area (Å²) in [7, 11) is 0. The van der Waals surface area contributed by atoms with E-state index in [1.165, 1.54) is 0 Å². The summed E-state index contributed by atoms with van der Waals surface area (Å²) in [6.07, 6.45) is 0. The molecule has 0 amide bonds. The minimum absolute atomic E-state index is 0.0613. The molecular formula is C16H12Br3NO. The molecule has 1 unspecified atom stereocenters. The van der Waals surface area contributed by atoms with Crippen LogP contribution in [0.25, 0.3) is 11.0 Å². The van der Waals surface area contributed by atoms with Gasteiger partial charge in [-0.2, -0.15) is 0 Å². The number of halogens is 3. The number of benzene rings is 2. The summed E-state index contributed by atoms with van der Waals surface area (Å²) in [5.41, 5.74) is 1.92. The molecule has 0 spiro atoms. The van der Waals surface area contributed by atoms with Crippen LogP contribution in [0.5, 0.6) is 0 Å². The van der Waals surface area contributed by atoms with E-state index >= 15 is 0 Å². The third kappa shape index (κ3) is 3.20. The first-order valence-electron chi connectivity index (χ1n) is 6.44. The fourth-order valence-corrected chi connectivity index (χ4v) is 3.78. The van der Waals surface area contributed by atoms with Gasteiger partial charge in [-0.25, -0.2) is 0 Å². The molecule has 1 heterocycles. The van der Waals surface area contributed by atoms with Crippen LogP contribution in [0.4, 0.5) is 5.69 Å². The maximum atomic E-state index is 5.92. The number of hydrogen-bond donors (Lipinski definition) is 1. The molecule has 21 heavy (non-hydrogen) atoms. The van der Waals surface area contributed by atoms with Gasteiger partial charge in [-0.05, 0) is 75.2 Å². The molecule has 0 aliphatic rings. The minimum Gasteiger partial charge on any atom is -0.459 e. The van der Waals surface area contributed by atoms with Gasteiger partial charge in [0.1, 0.15) is 11.3 Å². The lowest BCUT2D eigenvalue weighted by Crippen LogP contribution is -2.06. The van der Waals surface area contributed by atoms with Crippen LogP contribution in [0, 0.1) is 0 Å². The average molecular weight is 474 g/mol. The van der Waals surface area contributed by atoms with Crippen molar-refractivity contribution < 1.29 is 4.42 Å². The molecule has 2 nitrogen and oxygen atoms in total. The van der Waals surface area contributed by atoms with E-state index in [0.29, 0.717) is 0 Å². The standard InChI is InChI=1S/C16H12Br3NO/c1-9(20-16-12(18)3-2-4-13(16)19)15-8-10-7-11(17)5-6-14(10)21-15/h2-9,20H,1H3. The Morgan fingerprint density at radius 3 is 2.43 bits per heavy atom. The zero-order chi connectivity index (χ0) is 15.0. The van der Waals surface area contributed by atoms with Crippen molar-refractivity contribution in [2.75, 3.05) is 5.32 Å². The van der Waals surface area contributed by atoms with Crippen LogP contribution in [0.3, 0.4) is 0 Å². The second-order valence-corrected chi connectivity index (χ2v) is 7.42. The van der Waals surface area contributed by atoms with Gasteiger partial charge in [0.15, 0.2) is 0 Å². The van der Waals surface area contributed by atoms with E-state index in [2.05, 4.69) is 72.2 Å². The second-order valence-electron chi connectivity index (χ2n) is 4.79. The minimum atomic E-state index is 0.0613. The Balaban J connectivity index is 1.91. The average Bonchev–Trinajstić information content (AvgIpc) is 2.86. The Morgan fingerprint density at radius 2 is 1.71 bits per heavy atom. The molecule has 0 aliphatic heterocycles. The zero-order valence-corrected chi connectivity index (χ0v) is 15.9. The predicted octanol–water partition coefficient (Wildman–Crippen LogP) is 6.89. The Kier molecular flexibility index (Phi) is 4.43. The number of anilines is 1. The molecule has 108 valence electrons. The van der Waals surface area contributed by atoms with Crippen molar-refractivity contribution in [2.24, 2.45) is 0 Å². The molecule has 5 heteroatoms. The predicted molar refractivity (Wildman–Crippen MR) is 97.8 cm³/mol. The quantitative estimate of drug-likeness (QED) is 0.448. The molecule has 0 fully saturated rings. The van der Waals surface area contributed by atoms with Crippen LogP contribution in [-0.2, 0) is 0 Å². The third-order valence-electron chi connectivity index (χ3n) is 3.25. The molecule has 1 aromatic heterocycles. The Labute approximate surface area is 148 Å². The van der Waals surface area contributed by atoms with Crippen molar-refractivity contribution in [3.8, 4) is 0 Å². The van der Waals surface area contributed by atoms with Crippen LogP contribution in [-0.4, -0.2) is 0 Å². The topological polar surface area (TPSA) is 25.2 Å². The van der Waals surface area contributed by atoms with Gasteiger partial charge in [-0.15, -0.1) is 0 Å². The molecule has 3 rings (SSSR count). The number of hydrogen-bond acceptors (Lipinski definition) is 2. The first-order chi connectivity index (χ1) is 10.0. The SMILES string of the molecule is CC(Nc1c(Br)cccc1Br)c1cc2cc(Br)ccc2o1. The van der Waals surface area contributed by atoms with Gasteiger partial charge < -0.3 is 9.73 Å². The van der Waals surface area contributed by atoms with Gasteiger partial charge >= 0.3 is 0 Å². The van der Waals surface area contributed by atoms with E-state index in [9.17, 15) is 0 Å². The molecule has 0 aliphatic carbocycles. The van der Waals surface area contributed by atoms with Crippen molar-refractivity contribution in [3.63, 3.8) is 0 Å². The first kappa shape index (κ1) is 15.1. The second kappa shape index (κ2) is 6.15. The number of nitrogens with one attached hydrogen (secondary N) is 1. The van der Waals surface area contributed by atoms with Crippen LogP contribution >= 0.6 is 47.8 Å². The van der Waals surface area contributed by atoms with Gasteiger partial charge in [0.05, 0.1) is 11.7 Å². The maximum Gasteiger partial charge on any atom is 0.134 e. The summed E-state index contributed by atoms with van der Waals surface area (Å²) in [6.45, 7) is 2.08. The summed E-state index contributed by atoms with van der Waals surface area (Å²) >= 11 is 10.6. The first-order valence-corrected chi connectivity index (χ1v) is 8.82. The van der Waals surface area contributed by atoms with Gasteiger partial charge in [-0.1, -0.05) is 22.0 Å². The monoisotopic (exact) mass is 471 g/mol. The summed E-state index contributed by atoms with van der Waals surface area (Å²) in [4.78, 5) is 0. The molecule has 0 saturated heterocycles. The molecule has 1 N–H and O–H groups in total. The van der Waals surface area contributed by atoms with Crippen molar-refractivity contribution in [1.29, 1.82) is 0 Å². The summed E-state index contributed by atoms with van der Waals surface area (Å²) in [5.74, 6) is 0.908. The lowest BCUT2D eigenvalue weighted by molar-refractivity contribution is 0.526. The number of rotatable bonds is 3. The summed E-state index contributed by atoms with van der Waals surface area (Å²) in [6, 6.07) is 14.2. The van der Waals surface area contributed by atoms with Crippen molar-refractivity contribution >= 4 is 64.4 Å². The van der Waals surface area contributed by atoms with E-state index in [-0.39, 0.29) is 6.04 Å². The van der Waals surface area contributed by atoms with Gasteiger partial charge in [-0.3, -0.25) is 0 Å². The van der Waals surface area contributed by atoms with E-state index in [1.54, 1.807) is 0 Å². The van der Waals surface area contributed by atoms with Gasteiger partial charge in [0.2, 0.25) is 0 Å². The normalized spacial score (nSPS) is 12.6. The lowest BCUT2D eigenvalue weighted by atomic mass is 10.2. The molecule has 0 radical (unpaired) electrons. The highest BCUT2D eigenvalue weighted by Gasteiger charge is 2.14. The van der Waals surface area contributed by atoms with Crippen molar-refractivity contribution in [3.05, 3.63) is 61.6 Å². The van der Waals surface area contributed by atoms with Crippen molar-refractivity contribution in [1.82, 2.24) is 0 Å². The Hall–Kier alpha value is -0.780.